The fraction of sp³-hybridized carbons (Fsp3) is 0.350. The number of benzene rings is 1. The van der Waals surface area contributed by atoms with Crippen LogP contribution in [-0.4, -0.2) is 28.2 Å². The number of aryl methyl sites for hydroxylation is 1. The van der Waals surface area contributed by atoms with Crippen molar-refractivity contribution >= 4 is 0 Å². The first kappa shape index (κ1) is 16.0. The number of para-hydroxylation sites is 1. The summed E-state index contributed by atoms with van der Waals surface area (Å²) in [6, 6.07) is 13.6. The summed E-state index contributed by atoms with van der Waals surface area (Å²) in [7, 11) is 0. The number of aromatic nitrogens is 2. The Kier molecular flexibility index (Phi) is 4.57. The van der Waals surface area contributed by atoms with Crippen LogP contribution in [0.15, 0.2) is 53.1 Å². The topological polar surface area (TPSA) is 54.3 Å². The van der Waals surface area contributed by atoms with Gasteiger partial charge in [-0.1, -0.05) is 18.2 Å². The molecule has 0 bridgehead atoms. The second-order valence-electron chi connectivity index (χ2n) is 6.64. The van der Waals surface area contributed by atoms with E-state index in [2.05, 4.69) is 22.0 Å². The van der Waals surface area contributed by atoms with Crippen LogP contribution in [0.1, 0.15) is 35.8 Å². The number of nitrogens with one attached hydrogen (secondary N) is 1. The third-order valence-electron chi connectivity index (χ3n) is 4.87. The average Bonchev–Trinajstić information content (AvgIpc) is 3.26. The predicted molar refractivity (Wildman–Crippen MR) is 95.8 cm³/mol. The van der Waals surface area contributed by atoms with E-state index in [0.717, 1.165) is 44.0 Å². The van der Waals surface area contributed by atoms with Gasteiger partial charge in [-0.2, -0.15) is 5.10 Å². The van der Waals surface area contributed by atoms with Crippen LogP contribution in [0.4, 0.5) is 0 Å². The normalized spacial score (nSPS) is 16.2. The largest absolute Gasteiger partial charge is 0.429 e. The number of ether oxygens (including phenoxy) is 1. The highest BCUT2D eigenvalue weighted by atomic mass is 16.6. The van der Waals surface area contributed by atoms with Crippen LogP contribution in [0.3, 0.4) is 0 Å². The molecule has 0 aliphatic carbocycles. The van der Waals surface area contributed by atoms with Crippen LogP contribution < -0.4 is 4.74 Å². The Morgan fingerprint density at radius 1 is 1.16 bits per heavy atom. The number of aromatic amines is 1. The molecule has 1 aliphatic heterocycles. The van der Waals surface area contributed by atoms with Crippen LogP contribution in [-0.2, 0) is 6.54 Å². The molecule has 0 radical (unpaired) electrons. The fourth-order valence-corrected chi connectivity index (χ4v) is 3.50. The first-order valence-corrected chi connectivity index (χ1v) is 8.82. The van der Waals surface area contributed by atoms with Gasteiger partial charge in [0.25, 0.3) is 5.95 Å². The maximum Gasteiger partial charge on any atom is 0.290 e. The minimum atomic E-state index is 0.546. The first-order valence-electron chi connectivity index (χ1n) is 8.82. The highest BCUT2D eigenvalue weighted by molar-refractivity contribution is 5.26. The molecule has 1 fully saturated rings. The summed E-state index contributed by atoms with van der Waals surface area (Å²) in [6.07, 6.45) is 4.30. The number of likely N-dealkylation sites (tertiary alicyclic amines) is 1. The predicted octanol–water partition coefficient (Wildman–Crippen LogP) is 4.48. The SMILES string of the molecule is Cc1[nH]ncc1C1CCN(Cc2ccc(Oc3ccccc3)o2)CC1. The number of rotatable bonds is 5. The van der Waals surface area contributed by atoms with Crippen molar-refractivity contribution in [3.05, 3.63) is 65.7 Å². The molecule has 1 saturated heterocycles. The van der Waals surface area contributed by atoms with E-state index < -0.39 is 0 Å². The summed E-state index contributed by atoms with van der Waals surface area (Å²) in [6.45, 7) is 5.08. The van der Waals surface area contributed by atoms with Gasteiger partial charge >= 0.3 is 0 Å². The summed E-state index contributed by atoms with van der Waals surface area (Å²) < 4.78 is 11.6. The molecule has 0 spiro atoms. The highest BCUT2D eigenvalue weighted by Crippen LogP contribution is 2.30. The number of H-pyrrole nitrogens is 1. The molecular weight excluding hydrogens is 314 g/mol. The van der Waals surface area contributed by atoms with E-state index >= 15 is 0 Å². The zero-order valence-corrected chi connectivity index (χ0v) is 14.4. The van der Waals surface area contributed by atoms with E-state index in [9.17, 15) is 0 Å². The van der Waals surface area contributed by atoms with E-state index in [0.29, 0.717) is 11.9 Å². The van der Waals surface area contributed by atoms with Crippen molar-refractivity contribution in [3.8, 4) is 11.7 Å². The Morgan fingerprint density at radius 2 is 1.96 bits per heavy atom. The molecule has 3 aromatic rings. The van der Waals surface area contributed by atoms with E-state index in [1.807, 2.05) is 48.7 Å². The summed E-state index contributed by atoms with van der Waals surface area (Å²) in [5.41, 5.74) is 2.57. The number of nitrogens with zero attached hydrogens (tertiary/aromatic N) is 2. The van der Waals surface area contributed by atoms with Gasteiger partial charge in [-0.3, -0.25) is 10.00 Å². The molecular formula is C20H23N3O2. The van der Waals surface area contributed by atoms with Gasteiger partial charge in [-0.05, 0) is 62.5 Å². The van der Waals surface area contributed by atoms with Crippen molar-refractivity contribution in [3.63, 3.8) is 0 Å². The third-order valence-corrected chi connectivity index (χ3v) is 4.87. The van der Waals surface area contributed by atoms with Crippen molar-refractivity contribution in [1.29, 1.82) is 0 Å². The molecule has 25 heavy (non-hydrogen) atoms. The molecule has 0 atom stereocenters. The second-order valence-corrected chi connectivity index (χ2v) is 6.64. The maximum atomic E-state index is 5.83. The van der Waals surface area contributed by atoms with Crippen molar-refractivity contribution in [2.75, 3.05) is 13.1 Å². The van der Waals surface area contributed by atoms with Gasteiger partial charge in [-0.15, -0.1) is 0 Å². The minimum absolute atomic E-state index is 0.546. The summed E-state index contributed by atoms with van der Waals surface area (Å²) in [5, 5.41) is 7.20. The number of piperidine rings is 1. The zero-order chi connectivity index (χ0) is 17.1. The molecule has 1 aliphatic rings. The molecule has 130 valence electrons. The van der Waals surface area contributed by atoms with Crippen molar-refractivity contribution in [2.24, 2.45) is 0 Å². The van der Waals surface area contributed by atoms with E-state index in [-0.39, 0.29) is 0 Å². The van der Waals surface area contributed by atoms with Gasteiger partial charge in [0, 0.05) is 11.8 Å². The van der Waals surface area contributed by atoms with E-state index in [1.54, 1.807) is 0 Å². The van der Waals surface area contributed by atoms with Gasteiger partial charge in [0.05, 0.1) is 12.7 Å². The van der Waals surface area contributed by atoms with Crippen molar-refractivity contribution in [1.82, 2.24) is 15.1 Å². The number of hydrogen-bond acceptors (Lipinski definition) is 4. The molecule has 3 heterocycles. The Morgan fingerprint density at radius 3 is 2.68 bits per heavy atom. The lowest BCUT2D eigenvalue weighted by atomic mass is 9.90. The average molecular weight is 337 g/mol. The smallest absolute Gasteiger partial charge is 0.290 e. The standard InChI is InChI=1S/C20H23N3O2/c1-15-19(13-21-22-15)16-9-11-23(12-10-16)14-18-7-8-20(25-18)24-17-5-3-2-4-6-17/h2-8,13,16H,9-12,14H2,1H3,(H,21,22). The Balaban J connectivity index is 1.31. The second kappa shape index (κ2) is 7.15. The summed E-state index contributed by atoms with van der Waals surface area (Å²) in [4.78, 5) is 2.44. The van der Waals surface area contributed by atoms with Crippen LogP contribution >= 0.6 is 0 Å². The highest BCUT2D eigenvalue weighted by Gasteiger charge is 2.23. The molecule has 0 amide bonds. The van der Waals surface area contributed by atoms with Gasteiger partial charge in [0.2, 0.25) is 0 Å². The monoisotopic (exact) mass is 337 g/mol. The molecule has 2 aromatic heterocycles. The molecule has 5 nitrogen and oxygen atoms in total. The van der Waals surface area contributed by atoms with Crippen LogP contribution in [0, 0.1) is 6.92 Å². The molecule has 0 unspecified atom stereocenters. The lowest BCUT2D eigenvalue weighted by molar-refractivity contribution is 0.186. The van der Waals surface area contributed by atoms with Crippen LogP contribution in [0.25, 0.3) is 0 Å². The molecule has 4 rings (SSSR count). The number of furan rings is 1. The molecule has 1 N–H and O–H groups in total. The first-order chi connectivity index (χ1) is 12.3. The molecule has 5 heteroatoms. The van der Waals surface area contributed by atoms with Gasteiger partial charge in [0.1, 0.15) is 11.5 Å². The minimum Gasteiger partial charge on any atom is -0.429 e. The van der Waals surface area contributed by atoms with Crippen molar-refractivity contribution in [2.45, 2.75) is 32.2 Å². The Hall–Kier alpha value is -2.53. The number of hydrogen-bond donors (Lipinski definition) is 1. The van der Waals surface area contributed by atoms with Gasteiger partial charge in [0.15, 0.2) is 0 Å². The summed E-state index contributed by atoms with van der Waals surface area (Å²) in [5.74, 6) is 2.90. The summed E-state index contributed by atoms with van der Waals surface area (Å²) >= 11 is 0. The van der Waals surface area contributed by atoms with E-state index in [1.165, 1.54) is 11.3 Å². The van der Waals surface area contributed by atoms with Crippen molar-refractivity contribution < 1.29 is 9.15 Å². The zero-order valence-electron chi connectivity index (χ0n) is 14.4. The molecule has 1 aromatic carbocycles. The lowest BCUT2D eigenvalue weighted by Crippen LogP contribution is -2.32. The maximum absolute atomic E-state index is 5.83. The lowest BCUT2D eigenvalue weighted by Gasteiger charge is -2.31. The quantitative estimate of drug-likeness (QED) is 0.745. The Bertz CT molecular complexity index is 801. The van der Waals surface area contributed by atoms with Crippen LogP contribution in [0.2, 0.25) is 0 Å². The van der Waals surface area contributed by atoms with Gasteiger partial charge in [-0.25, -0.2) is 0 Å². The third kappa shape index (κ3) is 3.77. The Labute approximate surface area is 147 Å². The molecule has 0 saturated carbocycles. The van der Waals surface area contributed by atoms with Gasteiger partial charge < -0.3 is 9.15 Å². The fourth-order valence-electron chi connectivity index (χ4n) is 3.50. The van der Waals surface area contributed by atoms with Crippen LogP contribution in [0.5, 0.6) is 11.7 Å². The van der Waals surface area contributed by atoms with E-state index in [4.69, 9.17) is 9.15 Å².